The molecule has 4 heteroatoms. The second kappa shape index (κ2) is 6.03. The molecule has 17 heavy (non-hydrogen) atoms. The molecule has 0 aliphatic rings. The van der Waals surface area contributed by atoms with Crippen molar-refractivity contribution < 1.29 is 9.90 Å². The second-order valence-corrected chi connectivity index (χ2v) is 4.35. The average Bonchev–Trinajstić information content (AvgIpc) is 2.27. The standard InChI is InChI=1S/C13H18N2O2/c1-9(2)7-8-14-15-13(17)11-6-4-5-10(3)12(11)16/h4-6,8-9,16H,7H2,1-3H3,(H,15,17)/b14-8-. The minimum absolute atomic E-state index is 0.00376. The van der Waals surface area contributed by atoms with Gasteiger partial charge in [0, 0.05) is 6.21 Å². The summed E-state index contributed by atoms with van der Waals surface area (Å²) in [4.78, 5) is 11.7. The number of nitrogens with one attached hydrogen (secondary N) is 1. The fourth-order valence-electron chi connectivity index (χ4n) is 1.27. The molecule has 1 aromatic rings. The fourth-order valence-corrected chi connectivity index (χ4v) is 1.27. The summed E-state index contributed by atoms with van der Waals surface area (Å²) in [7, 11) is 0. The number of hydrogen-bond donors (Lipinski definition) is 2. The van der Waals surface area contributed by atoms with Crippen molar-refractivity contribution >= 4 is 12.1 Å². The number of nitrogens with zero attached hydrogens (tertiary/aromatic N) is 1. The lowest BCUT2D eigenvalue weighted by Gasteiger charge is -2.05. The van der Waals surface area contributed by atoms with Crippen molar-refractivity contribution in [3.05, 3.63) is 29.3 Å². The number of phenols is 1. The summed E-state index contributed by atoms with van der Waals surface area (Å²) < 4.78 is 0. The molecule has 2 N–H and O–H groups in total. The molecule has 0 heterocycles. The molecule has 0 bridgehead atoms. The monoisotopic (exact) mass is 234 g/mol. The van der Waals surface area contributed by atoms with Crippen LogP contribution in [0.3, 0.4) is 0 Å². The molecule has 0 saturated heterocycles. The van der Waals surface area contributed by atoms with Crippen LogP contribution in [0, 0.1) is 12.8 Å². The quantitative estimate of drug-likeness (QED) is 0.621. The summed E-state index contributed by atoms with van der Waals surface area (Å²) in [6.45, 7) is 5.88. The van der Waals surface area contributed by atoms with Crippen molar-refractivity contribution in [3.8, 4) is 5.75 Å². The van der Waals surface area contributed by atoms with Gasteiger partial charge < -0.3 is 5.11 Å². The predicted octanol–water partition coefficient (Wildman–Crippen LogP) is 2.46. The molecule has 0 aliphatic heterocycles. The SMILES string of the molecule is Cc1cccc(C(=O)N/N=C\CC(C)C)c1O. The van der Waals surface area contributed by atoms with Crippen LogP contribution in [0.2, 0.25) is 0 Å². The lowest BCUT2D eigenvalue weighted by Crippen LogP contribution is -2.18. The molecule has 0 unspecified atom stereocenters. The molecule has 0 aromatic heterocycles. The van der Waals surface area contributed by atoms with Crippen LogP contribution in [0.1, 0.15) is 36.2 Å². The van der Waals surface area contributed by atoms with Gasteiger partial charge in [-0.3, -0.25) is 4.79 Å². The van der Waals surface area contributed by atoms with Gasteiger partial charge in [0.2, 0.25) is 0 Å². The minimum Gasteiger partial charge on any atom is -0.507 e. The highest BCUT2D eigenvalue weighted by Crippen LogP contribution is 2.20. The topological polar surface area (TPSA) is 61.7 Å². The van der Waals surface area contributed by atoms with Crippen LogP contribution in [0.4, 0.5) is 0 Å². The number of aryl methyl sites for hydroxylation is 1. The summed E-state index contributed by atoms with van der Waals surface area (Å²) in [5.74, 6) is 0.110. The van der Waals surface area contributed by atoms with E-state index < -0.39 is 5.91 Å². The summed E-state index contributed by atoms with van der Waals surface area (Å²) in [5.41, 5.74) is 3.31. The van der Waals surface area contributed by atoms with E-state index in [1.165, 1.54) is 0 Å². The van der Waals surface area contributed by atoms with Gasteiger partial charge in [-0.2, -0.15) is 5.10 Å². The Hall–Kier alpha value is -1.84. The Kier molecular flexibility index (Phi) is 4.69. The Morgan fingerprint density at radius 2 is 2.24 bits per heavy atom. The molecule has 0 fully saturated rings. The van der Waals surface area contributed by atoms with Gasteiger partial charge in [-0.25, -0.2) is 5.43 Å². The smallest absolute Gasteiger partial charge is 0.275 e. The highest BCUT2D eigenvalue weighted by atomic mass is 16.3. The largest absolute Gasteiger partial charge is 0.507 e. The molecule has 0 radical (unpaired) electrons. The molecular formula is C13H18N2O2. The van der Waals surface area contributed by atoms with E-state index in [1.54, 1.807) is 31.3 Å². The first-order valence-electron chi connectivity index (χ1n) is 5.62. The Balaban J connectivity index is 2.64. The number of rotatable bonds is 4. The number of hydrazone groups is 1. The maximum Gasteiger partial charge on any atom is 0.275 e. The van der Waals surface area contributed by atoms with Gasteiger partial charge in [0.05, 0.1) is 5.56 Å². The molecular weight excluding hydrogens is 216 g/mol. The summed E-state index contributed by atoms with van der Waals surface area (Å²) in [6, 6.07) is 5.03. The third-order valence-electron chi connectivity index (χ3n) is 2.32. The van der Waals surface area contributed by atoms with Crippen LogP contribution < -0.4 is 5.43 Å². The molecule has 1 amide bonds. The van der Waals surface area contributed by atoms with Gasteiger partial charge >= 0.3 is 0 Å². The van der Waals surface area contributed by atoms with Gasteiger partial charge in [0.25, 0.3) is 5.91 Å². The molecule has 0 atom stereocenters. The van der Waals surface area contributed by atoms with Crippen molar-refractivity contribution in [2.24, 2.45) is 11.0 Å². The number of amides is 1. The van der Waals surface area contributed by atoms with Crippen molar-refractivity contribution in [2.45, 2.75) is 27.2 Å². The summed E-state index contributed by atoms with van der Waals surface area (Å²) in [6.07, 6.45) is 2.47. The number of para-hydroxylation sites is 1. The van der Waals surface area contributed by atoms with Gasteiger partial charge in [0.1, 0.15) is 5.75 Å². The minimum atomic E-state index is -0.397. The van der Waals surface area contributed by atoms with E-state index in [0.717, 1.165) is 6.42 Å². The highest BCUT2D eigenvalue weighted by Gasteiger charge is 2.11. The first kappa shape index (κ1) is 13.2. The zero-order valence-electron chi connectivity index (χ0n) is 10.4. The van der Waals surface area contributed by atoms with Crippen LogP contribution in [0.25, 0.3) is 0 Å². The first-order valence-corrected chi connectivity index (χ1v) is 5.62. The lowest BCUT2D eigenvalue weighted by molar-refractivity contribution is 0.0952. The third-order valence-corrected chi connectivity index (χ3v) is 2.32. The van der Waals surface area contributed by atoms with Crippen LogP contribution in [-0.2, 0) is 0 Å². The van der Waals surface area contributed by atoms with E-state index >= 15 is 0 Å². The Morgan fingerprint density at radius 3 is 2.88 bits per heavy atom. The van der Waals surface area contributed by atoms with Crippen LogP contribution >= 0.6 is 0 Å². The Labute approximate surface area is 101 Å². The number of carbonyl (C=O) groups excluding carboxylic acids is 1. The number of aromatic hydroxyl groups is 1. The molecule has 0 aliphatic carbocycles. The van der Waals surface area contributed by atoms with Gasteiger partial charge in [-0.15, -0.1) is 0 Å². The number of carbonyl (C=O) groups is 1. The van der Waals surface area contributed by atoms with Crippen molar-refractivity contribution in [1.29, 1.82) is 0 Å². The molecule has 4 nitrogen and oxygen atoms in total. The lowest BCUT2D eigenvalue weighted by atomic mass is 10.1. The Bertz CT molecular complexity index is 425. The highest BCUT2D eigenvalue weighted by molar-refractivity contribution is 5.97. The van der Waals surface area contributed by atoms with Gasteiger partial charge in [-0.05, 0) is 30.9 Å². The van der Waals surface area contributed by atoms with Crippen LogP contribution in [0.5, 0.6) is 5.75 Å². The van der Waals surface area contributed by atoms with E-state index in [0.29, 0.717) is 11.5 Å². The zero-order chi connectivity index (χ0) is 12.8. The number of phenolic OH excluding ortho intramolecular Hbond substituents is 1. The van der Waals surface area contributed by atoms with Crippen molar-refractivity contribution in [2.75, 3.05) is 0 Å². The second-order valence-electron chi connectivity index (χ2n) is 4.35. The van der Waals surface area contributed by atoms with Gasteiger partial charge in [-0.1, -0.05) is 26.0 Å². The maximum atomic E-state index is 11.7. The van der Waals surface area contributed by atoms with E-state index in [4.69, 9.17) is 0 Å². The van der Waals surface area contributed by atoms with E-state index in [1.807, 2.05) is 0 Å². The summed E-state index contributed by atoms with van der Waals surface area (Å²) in [5, 5.41) is 13.5. The number of hydrogen-bond acceptors (Lipinski definition) is 3. The predicted molar refractivity (Wildman–Crippen MR) is 68.3 cm³/mol. The molecule has 1 rings (SSSR count). The fraction of sp³-hybridized carbons (Fsp3) is 0.385. The van der Waals surface area contributed by atoms with Gasteiger partial charge in [0.15, 0.2) is 0 Å². The zero-order valence-corrected chi connectivity index (χ0v) is 10.4. The van der Waals surface area contributed by atoms with Crippen molar-refractivity contribution in [1.82, 2.24) is 5.43 Å². The first-order chi connectivity index (χ1) is 8.02. The molecule has 1 aromatic carbocycles. The number of benzene rings is 1. The molecule has 92 valence electrons. The van der Waals surface area contributed by atoms with Crippen molar-refractivity contribution in [3.63, 3.8) is 0 Å². The summed E-state index contributed by atoms with van der Waals surface area (Å²) >= 11 is 0. The van der Waals surface area contributed by atoms with Crippen LogP contribution in [0.15, 0.2) is 23.3 Å². The maximum absolute atomic E-state index is 11.7. The molecule has 0 saturated carbocycles. The van der Waals surface area contributed by atoms with Crippen LogP contribution in [-0.4, -0.2) is 17.2 Å². The molecule has 0 spiro atoms. The Morgan fingerprint density at radius 1 is 1.53 bits per heavy atom. The third kappa shape index (κ3) is 3.90. The average molecular weight is 234 g/mol. The van der Waals surface area contributed by atoms with E-state index in [-0.39, 0.29) is 11.3 Å². The van der Waals surface area contributed by atoms with E-state index in [9.17, 15) is 9.90 Å². The van der Waals surface area contributed by atoms with E-state index in [2.05, 4.69) is 24.4 Å². The normalized spacial score (nSPS) is 11.1.